The lowest BCUT2D eigenvalue weighted by Gasteiger charge is -2.25. The van der Waals surface area contributed by atoms with Gasteiger partial charge in [-0.3, -0.25) is 0 Å². The van der Waals surface area contributed by atoms with Crippen LogP contribution in [0.3, 0.4) is 0 Å². The van der Waals surface area contributed by atoms with Crippen molar-refractivity contribution in [2.24, 2.45) is 5.92 Å². The van der Waals surface area contributed by atoms with E-state index in [4.69, 9.17) is 4.74 Å². The van der Waals surface area contributed by atoms with E-state index in [0.717, 1.165) is 37.4 Å². The molecular formula is C21H28F3N3O. The Hall–Kier alpha value is -2.31. The molecule has 28 heavy (non-hydrogen) atoms. The first kappa shape index (κ1) is 22.0. The van der Waals surface area contributed by atoms with Crippen molar-refractivity contribution in [1.82, 2.24) is 9.97 Å². The van der Waals surface area contributed by atoms with Gasteiger partial charge in [0.15, 0.2) is 5.82 Å². The molecule has 0 aliphatic carbocycles. The Bertz CT molecular complexity index is 763. The highest BCUT2D eigenvalue weighted by molar-refractivity contribution is 5.66. The number of halogens is 3. The van der Waals surface area contributed by atoms with Crippen LogP contribution < -0.4 is 9.64 Å². The van der Waals surface area contributed by atoms with E-state index in [2.05, 4.69) is 30.7 Å². The zero-order chi connectivity index (χ0) is 20.7. The molecule has 1 aromatic carbocycles. The highest BCUT2D eigenvalue weighted by Crippen LogP contribution is 2.38. The number of unbranched alkanes of at least 4 members (excludes halogenated alkanes) is 2. The summed E-state index contributed by atoms with van der Waals surface area (Å²) in [6, 6.07) is 7.41. The average Bonchev–Trinajstić information content (AvgIpc) is 2.64. The molecule has 0 atom stereocenters. The first-order chi connectivity index (χ1) is 13.2. The van der Waals surface area contributed by atoms with E-state index >= 15 is 0 Å². The Morgan fingerprint density at radius 2 is 1.86 bits per heavy atom. The molecule has 154 valence electrons. The molecule has 0 N–H and O–H groups in total. The highest BCUT2D eigenvalue weighted by Gasteiger charge is 2.37. The standard InChI is InChI=1S/C21H28F3N3O/c1-5-6-9-12-28-20-25-14-17(21(22,23)24)19(26-20)27(4)18-11-8-7-10-16(18)13-15(2)3/h7-8,10-11,14-15H,5-6,9,12-13H2,1-4H3. The Balaban J connectivity index is 2.40. The summed E-state index contributed by atoms with van der Waals surface area (Å²) in [6.45, 7) is 6.60. The molecule has 1 aromatic heterocycles. The van der Waals surface area contributed by atoms with Crippen molar-refractivity contribution in [3.05, 3.63) is 41.6 Å². The number of para-hydroxylation sites is 1. The predicted octanol–water partition coefficient (Wildman–Crippen LogP) is 6.03. The maximum absolute atomic E-state index is 13.6. The minimum atomic E-state index is -4.56. The van der Waals surface area contributed by atoms with Crippen molar-refractivity contribution in [2.45, 2.75) is 52.6 Å². The van der Waals surface area contributed by atoms with Gasteiger partial charge in [-0.25, -0.2) is 4.98 Å². The summed E-state index contributed by atoms with van der Waals surface area (Å²) in [4.78, 5) is 9.35. The second kappa shape index (κ2) is 9.75. The molecule has 7 heteroatoms. The van der Waals surface area contributed by atoms with Crippen LogP contribution in [0.1, 0.15) is 51.2 Å². The predicted molar refractivity (Wildman–Crippen MR) is 105 cm³/mol. The van der Waals surface area contributed by atoms with E-state index in [1.165, 1.54) is 4.90 Å². The Morgan fingerprint density at radius 1 is 1.14 bits per heavy atom. The number of alkyl halides is 3. The molecule has 2 aromatic rings. The lowest BCUT2D eigenvalue weighted by molar-refractivity contribution is -0.137. The third-order valence-electron chi connectivity index (χ3n) is 4.33. The van der Waals surface area contributed by atoms with Crippen LogP contribution in [0.4, 0.5) is 24.7 Å². The first-order valence-electron chi connectivity index (χ1n) is 9.62. The van der Waals surface area contributed by atoms with E-state index < -0.39 is 11.7 Å². The molecule has 0 unspecified atom stereocenters. The van der Waals surface area contributed by atoms with Crippen LogP contribution in [0.5, 0.6) is 6.01 Å². The first-order valence-corrected chi connectivity index (χ1v) is 9.62. The molecule has 0 aliphatic heterocycles. The van der Waals surface area contributed by atoms with Gasteiger partial charge in [-0.15, -0.1) is 0 Å². The van der Waals surface area contributed by atoms with Gasteiger partial charge < -0.3 is 9.64 Å². The molecule has 0 saturated heterocycles. The molecular weight excluding hydrogens is 367 g/mol. The lowest BCUT2D eigenvalue weighted by atomic mass is 10.0. The van der Waals surface area contributed by atoms with Crippen LogP contribution in [0.25, 0.3) is 0 Å². The maximum Gasteiger partial charge on any atom is 0.421 e. The minimum Gasteiger partial charge on any atom is -0.463 e. The van der Waals surface area contributed by atoms with E-state index in [-0.39, 0.29) is 11.8 Å². The van der Waals surface area contributed by atoms with Crippen molar-refractivity contribution < 1.29 is 17.9 Å². The van der Waals surface area contributed by atoms with Crippen LogP contribution in [0.2, 0.25) is 0 Å². The smallest absolute Gasteiger partial charge is 0.421 e. The molecule has 4 nitrogen and oxygen atoms in total. The topological polar surface area (TPSA) is 38.2 Å². The molecule has 2 rings (SSSR count). The van der Waals surface area contributed by atoms with Crippen LogP contribution in [-0.4, -0.2) is 23.6 Å². The second-order valence-corrected chi connectivity index (χ2v) is 7.23. The monoisotopic (exact) mass is 395 g/mol. The van der Waals surface area contributed by atoms with Gasteiger partial charge in [0.05, 0.1) is 6.61 Å². The van der Waals surface area contributed by atoms with Gasteiger partial charge in [0, 0.05) is 18.9 Å². The molecule has 0 amide bonds. The zero-order valence-corrected chi connectivity index (χ0v) is 16.9. The minimum absolute atomic E-state index is 0.0349. The number of ether oxygens (including phenoxy) is 1. The van der Waals surface area contributed by atoms with E-state index in [0.29, 0.717) is 18.2 Å². The summed E-state index contributed by atoms with van der Waals surface area (Å²) in [5.74, 6) is 0.170. The average molecular weight is 395 g/mol. The van der Waals surface area contributed by atoms with Gasteiger partial charge >= 0.3 is 12.2 Å². The van der Waals surface area contributed by atoms with Crippen LogP contribution >= 0.6 is 0 Å². The number of rotatable bonds is 9. The lowest BCUT2D eigenvalue weighted by Crippen LogP contribution is -2.20. The van der Waals surface area contributed by atoms with Crippen LogP contribution in [0.15, 0.2) is 30.5 Å². The van der Waals surface area contributed by atoms with E-state index in [1.807, 2.05) is 24.3 Å². The zero-order valence-electron chi connectivity index (χ0n) is 16.9. The second-order valence-electron chi connectivity index (χ2n) is 7.23. The highest BCUT2D eigenvalue weighted by atomic mass is 19.4. The van der Waals surface area contributed by atoms with Crippen molar-refractivity contribution >= 4 is 11.5 Å². The molecule has 0 saturated carbocycles. The molecule has 0 radical (unpaired) electrons. The molecule has 1 heterocycles. The van der Waals surface area contributed by atoms with Gasteiger partial charge in [-0.05, 0) is 30.4 Å². The van der Waals surface area contributed by atoms with Gasteiger partial charge in [-0.2, -0.15) is 18.2 Å². The fourth-order valence-corrected chi connectivity index (χ4v) is 2.96. The third kappa shape index (κ3) is 5.84. The molecule has 0 fully saturated rings. The van der Waals surface area contributed by atoms with Crippen LogP contribution in [0, 0.1) is 5.92 Å². The van der Waals surface area contributed by atoms with Gasteiger partial charge in [0.2, 0.25) is 0 Å². The largest absolute Gasteiger partial charge is 0.463 e. The van der Waals surface area contributed by atoms with Crippen LogP contribution in [-0.2, 0) is 12.6 Å². The van der Waals surface area contributed by atoms with Crippen molar-refractivity contribution in [1.29, 1.82) is 0 Å². The number of benzene rings is 1. The number of aromatic nitrogens is 2. The SMILES string of the molecule is CCCCCOc1ncc(C(F)(F)F)c(N(C)c2ccccc2CC(C)C)n1. The summed E-state index contributed by atoms with van der Waals surface area (Å²) < 4.78 is 46.2. The third-order valence-corrected chi connectivity index (χ3v) is 4.33. The van der Waals surface area contributed by atoms with Gasteiger partial charge in [0.1, 0.15) is 5.56 Å². The molecule has 0 aliphatic rings. The summed E-state index contributed by atoms with van der Waals surface area (Å²) in [7, 11) is 1.59. The quantitative estimate of drug-likeness (QED) is 0.486. The summed E-state index contributed by atoms with van der Waals surface area (Å²) in [5, 5.41) is 0. The summed E-state index contributed by atoms with van der Waals surface area (Å²) >= 11 is 0. The maximum atomic E-state index is 13.6. The molecule has 0 spiro atoms. The Kier molecular flexibility index (Phi) is 7.66. The van der Waals surface area contributed by atoms with E-state index in [9.17, 15) is 13.2 Å². The summed E-state index contributed by atoms with van der Waals surface area (Å²) in [5.41, 5.74) is 0.782. The Labute approximate surface area is 164 Å². The number of hydrogen-bond acceptors (Lipinski definition) is 4. The fraction of sp³-hybridized carbons (Fsp3) is 0.524. The number of anilines is 2. The Morgan fingerprint density at radius 3 is 2.50 bits per heavy atom. The van der Waals surface area contributed by atoms with Crippen molar-refractivity contribution in [3.63, 3.8) is 0 Å². The van der Waals surface area contributed by atoms with Gasteiger partial charge in [-0.1, -0.05) is 51.8 Å². The fourth-order valence-electron chi connectivity index (χ4n) is 2.96. The van der Waals surface area contributed by atoms with Crippen molar-refractivity contribution in [2.75, 3.05) is 18.6 Å². The van der Waals surface area contributed by atoms with Crippen molar-refractivity contribution in [3.8, 4) is 6.01 Å². The summed E-state index contributed by atoms with van der Waals surface area (Å²) in [6.07, 6.45) is -0.180. The normalized spacial score (nSPS) is 11.7. The number of hydrogen-bond donors (Lipinski definition) is 0. The van der Waals surface area contributed by atoms with E-state index in [1.54, 1.807) is 7.05 Å². The number of nitrogens with zero attached hydrogens (tertiary/aromatic N) is 3. The van der Waals surface area contributed by atoms with Gasteiger partial charge in [0.25, 0.3) is 0 Å². The molecule has 0 bridgehead atoms.